The number of fused-ring (bicyclic) bond motifs is 1. The van der Waals surface area contributed by atoms with Crippen LogP contribution in [0.1, 0.15) is 49.4 Å². The fourth-order valence-corrected chi connectivity index (χ4v) is 3.55. The van der Waals surface area contributed by atoms with Crippen molar-refractivity contribution in [2.24, 2.45) is 11.8 Å². The first-order chi connectivity index (χ1) is 13.2. The maximum Gasteiger partial charge on any atom is 0.314 e. The van der Waals surface area contributed by atoms with E-state index in [-0.39, 0.29) is 18.7 Å². The molecule has 1 aromatic carbocycles. The lowest BCUT2D eigenvalue weighted by Gasteiger charge is -2.28. The minimum atomic E-state index is -0.0790. The summed E-state index contributed by atoms with van der Waals surface area (Å²) in [6.45, 7) is 4.36. The van der Waals surface area contributed by atoms with E-state index in [0.29, 0.717) is 42.0 Å². The zero-order valence-corrected chi connectivity index (χ0v) is 15.9. The average Bonchev–Trinajstić information content (AvgIpc) is 3.17. The van der Waals surface area contributed by atoms with E-state index in [1.165, 1.54) is 0 Å². The van der Waals surface area contributed by atoms with Gasteiger partial charge in [0, 0.05) is 25.2 Å². The molecule has 0 bridgehead atoms. The van der Waals surface area contributed by atoms with E-state index in [0.717, 1.165) is 38.6 Å². The van der Waals surface area contributed by atoms with E-state index < -0.39 is 0 Å². The topological polar surface area (TPSA) is 88.7 Å². The molecule has 1 aliphatic carbocycles. The van der Waals surface area contributed by atoms with Crippen molar-refractivity contribution in [2.75, 3.05) is 26.4 Å². The number of nitrogens with one attached hydrogen (secondary N) is 3. The summed E-state index contributed by atoms with van der Waals surface area (Å²) in [5.41, 5.74) is 0.593. The highest BCUT2D eigenvalue weighted by Gasteiger charge is 2.22. The Labute approximate surface area is 160 Å². The number of rotatable bonds is 7. The van der Waals surface area contributed by atoms with Gasteiger partial charge in [-0.1, -0.05) is 6.92 Å². The predicted octanol–water partition coefficient (Wildman–Crippen LogP) is 2.66. The Kier molecular flexibility index (Phi) is 6.79. The summed E-state index contributed by atoms with van der Waals surface area (Å²) < 4.78 is 10.6. The molecule has 3 rings (SSSR count). The van der Waals surface area contributed by atoms with E-state index in [9.17, 15) is 9.59 Å². The molecular weight excluding hydrogens is 346 g/mol. The fourth-order valence-electron chi connectivity index (χ4n) is 3.55. The lowest BCUT2D eigenvalue weighted by Crippen LogP contribution is -2.39. The second kappa shape index (κ2) is 9.48. The van der Waals surface area contributed by atoms with Crippen LogP contribution >= 0.6 is 0 Å². The zero-order chi connectivity index (χ0) is 19.1. The number of hydrogen-bond acceptors (Lipinski definition) is 4. The molecule has 0 radical (unpaired) electrons. The molecule has 1 heterocycles. The molecule has 7 heteroatoms. The van der Waals surface area contributed by atoms with Crippen LogP contribution in [0.4, 0.5) is 4.79 Å². The van der Waals surface area contributed by atoms with Gasteiger partial charge in [-0.3, -0.25) is 4.79 Å². The zero-order valence-electron chi connectivity index (χ0n) is 15.9. The van der Waals surface area contributed by atoms with Gasteiger partial charge in [-0.2, -0.15) is 0 Å². The Hall–Kier alpha value is -2.44. The van der Waals surface area contributed by atoms with Gasteiger partial charge in [-0.25, -0.2) is 4.79 Å². The Bertz CT molecular complexity index is 657. The molecule has 0 saturated heterocycles. The molecule has 7 nitrogen and oxygen atoms in total. The Balaban J connectivity index is 1.34. The first kappa shape index (κ1) is 19.3. The molecule has 0 aromatic heterocycles. The van der Waals surface area contributed by atoms with Gasteiger partial charge >= 0.3 is 6.03 Å². The van der Waals surface area contributed by atoms with Crippen LogP contribution in [0.5, 0.6) is 11.5 Å². The van der Waals surface area contributed by atoms with Crippen LogP contribution in [0.15, 0.2) is 18.2 Å². The van der Waals surface area contributed by atoms with Gasteiger partial charge in [0.2, 0.25) is 6.79 Å². The highest BCUT2D eigenvalue weighted by molar-refractivity contribution is 5.94. The van der Waals surface area contributed by atoms with Crippen LogP contribution in [0.25, 0.3) is 0 Å². The van der Waals surface area contributed by atoms with Crippen LogP contribution < -0.4 is 25.4 Å². The first-order valence-electron chi connectivity index (χ1n) is 9.85. The molecule has 1 aliphatic heterocycles. The summed E-state index contributed by atoms with van der Waals surface area (Å²) in [7, 11) is 0. The maximum absolute atomic E-state index is 12.4. The molecule has 0 atom stereocenters. The SMILES string of the molecule is CCCNC(=O)NCC1CCC(CNC(=O)c2ccc3c(c2)OCO3)CC1. The molecule has 1 saturated carbocycles. The Morgan fingerprint density at radius 3 is 2.33 bits per heavy atom. The molecule has 27 heavy (non-hydrogen) atoms. The van der Waals surface area contributed by atoms with Crippen molar-refractivity contribution in [2.45, 2.75) is 39.0 Å². The second-order valence-corrected chi connectivity index (χ2v) is 7.30. The third-order valence-corrected chi connectivity index (χ3v) is 5.24. The second-order valence-electron chi connectivity index (χ2n) is 7.30. The van der Waals surface area contributed by atoms with Crippen molar-refractivity contribution >= 4 is 11.9 Å². The number of carbonyl (C=O) groups excluding carboxylic acids is 2. The van der Waals surface area contributed by atoms with Crippen molar-refractivity contribution in [3.05, 3.63) is 23.8 Å². The van der Waals surface area contributed by atoms with Crippen LogP contribution in [0.2, 0.25) is 0 Å². The molecular formula is C20H29N3O4. The number of ether oxygens (including phenoxy) is 2. The Morgan fingerprint density at radius 1 is 0.963 bits per heavy atom. The van der Waals surface area contributed by atoms with Crippen molar-refractivity contribution in [3.63, 3.8) is 0 Å². The van der Waals surface area contributed by atoms with Crippen LogP contribution in [0, 0.1) is 11.8 Å². The van der Waals surface area contributed by atoms with E-state index in [1.807, 2.05) is 6.92 Å². The number of carbonyl (C=O) groups is 2. The number of amides is 3. The smallest absolute Gasteiger partial charge is 0.314 e. The summed E-state index contributed by atoms with van der Waals surface area (Å²) in [5.74, 6) is 2.25. The third kappa shape index (κ3) is 5.52. The quantitative estimate of drug-likeness (QED) is 0.684. The fraction of sp³-hybridized carbons (Fsp3) is 0.600. The number of urea groups is 1. The van der Waals surface area contributed by atoms with Crippen LogP contribution in [-0.4, -0.2) is 38.4 Å². The molecule has 0 unspecified atom stereocenters. The van der Waals surface area contributed by atoms with E-state index in [4.69, 9.17) is 9.47 Å². The van der Waals surface area contributed by atoms with Gasteiger partial charge in [0.05, 0.1) is 0 Å². The number of hydrogen-bond donors (Lipinski definition) is 3. The largest absolute Gasteiger partial charge is 0.454 e. The highest BCUT2D eigenvalue weighted by atomic mass is 16.7. The molecule has 148 valence electrons. The summed E-state index contributed by atoms with van der Waals surface area (Å²) in [6, 6.07) is 5.18. The molecule has 0 spiro atoms. The standard InChI is InChI=1S/C20H29N3O4/c1-2-9-21-20(25)23-12-15-5-3-14(4-6-15)11-22-19(24)16-7-8-17-18(10-16)27-13-26-17/h7-8,10,14-15H,2-6,9,11-13H2,1H3,(H,22,24)(H2,21,23,25). The third-order valence-electron chi connectivity index (χ3n) is 5.24. The summed E-state index contributed by atoms with van der Waals surface area (Å²) in [5, 5.41) is 8.82. The normalized spacial score (nSPS) is 20.8. The van der Waals surface area contributed by atoms with Gasteiger partial charge in [-0.15, -0.1) is 0 Å². The molecule has 3 amide bonds. The minimum Gasteiger partial charge on any atom is -0.454 e. The van der Waals surface area contributed by atoms with Gasteiger partial charge in [0.15, 0.2) is 11.5 Å². The van der Waals surface area contributed by atoms with Gasteiger partial charge < -0.3 is 25.4 Å². The lowest BCUT2D eigenvalue weighted by atomic mass is 9.82. The lowest BCUT2D eigenvalue weighted by molar-refractivity contribution is 0.0940. The predicted molar refractivity (Wildman–Crippen MR) is 102 cm³/mol. The van der Waals surface area contributed by atoms with E-state index >= 15 is 0 Å². The van der Waals surface area contributed by atoms with Crippen molar-refractivity contribution in [1.29, 1.82) is 0 Å². The highest BCUT2D eigenvalue weighted by Crippen LogP contribution is 2.32. The van der Waals surface area contributed by atoms with Crippen molar-refractivity contribution in [3.8, 4) is 11.5 Å². The summed E-state index contributed by atoms with van der Waals surface area (Å²) in [6.07, 6.45) is 5.25. The van der Waals surface area contributed by atoms with Crippen LogP contribution in [-0.2, 0) is 0 Å². The van der Waals surface area contributed by atoms with Gasteiger partial charge in [-0.05, 0) is 62.1 Å². The number of benzene rings is 1. The molecule has 1 fully saturated rings. The molecule has 2 aliphatic rings. The van der Waals surface area contributed by atoms with Gasteiger partial charge in [0.1, 0.15) is 0 Å². The monoisotopic (exact) mass is 375 g/mol. The maximum atomic E-state index is 12.4. The first-order valence-corrected chi connectivity index (χ1v) is 9.85. The Morgan fingerprint density at radius 2 is 1.63 bits per heavy atom. The van der Waals surface area contributed by atoms with E-state index in [2.05, 4.69) is 16.0 Å². The minimum absolute atomic E-state index is 0.0741. The summed E-state index contributed by atoms with van der Waals surface area (Å²) in [4.78, 5) is 24.0. The van der Waals surface area contributed by atoms with Crippen molar-refractivity contribution < 1.29 is 19.1 Å². The molecule has 3 N–H and O–H groups in total. The van der Waals surface area contributed by atoms with E-state index in [1.54, 1.807) is 18.2 Å². The van der Waals surface area contributed by atoms with Gasteiger partial charge in [0.25, 0.3) is 5.91 Å². The van der Waals surface area contributed by atoms with Crippen molar-refractivity contribution in [1.82, 2.24) is 16.0 Å². The summed E-state index contributed by atoms with van der Waals surface area (Å²) >= 11 is 0. The van der Waals surface area contributed by atoms with Crippen LogP contribution in [0.3, 0.4) is 0 Å². The molecule has 1 aromatic rings. The average molecular weight is 375 g/mol.